The highest BCUT2D eigenvalue weighted by atomic mass is 16.5. The minimum atomic E-state index is -0.988. The molecule has 0 aliphatic carbocycles. The molecular formula is C16H12N2O3. The van der Waals surface area contributed by atoms with Crippen LogP contribution in [0.3, 0.4) is 0 Å². The monoisotopic (exact) mass is 280 g/mol. The van der Waals surface area contributed by atoms with Gasteiger partial charge in [0.05, 0.1) is 30.1 Å². The first kappa shape index (κ1) is 13.1. The molecule has 5 heteroatoms. The molecule has 0 spiro atoms. The van der Waals surface area contributed by atoms with Crippen molar-refractivity contribution in [1.82, 2.24) is 9.97 Å². The van der Waals surface area contributed by atoms with Crippen molar-refractivity contribution in [3.8, 4) is 17.0 Å². The Morgan fingerprint density at radius 2 is 2.10 bits per heavy atom. The molecule has 0 saturated heterocycles. The van der Waals surface area contributed by atoms with Gasteiger partial charge >= 0.3 is 5.97 Å². The van der Waals surface area contributed by atoms with Crippen molar-refractivity contribution in [2.45, 2.75) is 0 Å². The number of benzene rings is 1. The summed E-state index contributed by atoms with van der Waals surface area (Å²) in [6, 6.07) is 10.6. The van der Waals surface area contributed by atoms with Crippen molar-refractivity contribution >= 4 is 16.9 Å². The molecule has 0 fully saturated rings. The van der Waals surface area contributed by atoms with Gasteiger partial charge in [-0.3, -0.25) is 4.98 Å². The number of aromatic carboxylic acids is 1. The number of hydrogen-bond donors (Lipinski definition) is 1. The average Bonchev–Trinajstić information content (AvgIpc) is 2.53. The summed E-state index contributed by atoms with van der Waals surface area (Å²) in [7, 11) is 1.58. The number of pyridine rings is 2. The van der Waals surface area contributed by atoms with Crippen molar-refractivity contribution in [1.29, 1.82) is 0 Å². The molecule has 0 amide bonds. The van der Waals surface area contributed by atoms with Gasteiger partial charge in [-0.15, -0.1) is 0 Å². The molecule has 0 atom stereocenters. The van der Waals surface area contributed by atoms with Crippen LogP contribution in [0.25, 0.3) is 22.2 Å². The second-order valence-corrected chi connectivity index (χ2v) is 4.48. The van der Waals surface area contributed by atoms with Gasteiger partial charge in [-0.2, -0.15) is 0 Å². The normalized spacial score (nSPS) is 10.5. The molecule has 5 nitrogen and oxygen atoms in total. The summed E-state index contributed by atoms with van der Waals surface area (Å²) in [5.41, 5.74) is 2.13. The Morgan fingerprint density at radius 1 is 1.24 bits per heavy atom. The van der Waals surface area contributed by atoms with Gasteiger partial charge in [0.25, 0.3) is 0 Å². The molecule has 3 aromatic rings. The van der Waals surface area contributed by atoms with Crippen LogP contribution in [-0.4, -0.2) is 28.2 Å². The molecule has 0 aliphatic rings. The number of carbonyl (C=O) groups is 1. The average molecular weight is 280 g/mol. The number of rotatable bonds is 3. The van der Waals surface area contributed by atoms with Crippen molar-refractivity contribution in [2.24, 2.45) is 0 Å². The summed E-state index contributed by atoms with van der Waals surface area (Å²) in [6.45, 7) is 0. The van der Waals surface area contributed by atoms with Crippen molar-refractivity contribution in [2.75, 3.05) is 7.11 Å². The Kier molecular flexibility index (Phi) is 3.23. The number of nitrogens with zero attached hydrogens (tertiary/aromatic N) is 2. The summed E-state index contributed by atoms with van der Waals surface area (Å²) in [5, 5.41) is 9.96. The molecule has 21 heavy (non-hydrogen) atoms. The fourth-order valence-electron chi connectivity index (χ4n) is 2.19. The molecule has 0 bridgehead atoms. The predicted octanol–water partition coefficient (Wildman–Crippen LogP) is 3.00. The molecule has 2 heterocycles. The molecule has 3 rings (SSSR count). The van der Waals surface area contributed by atoms with E-state index >= 15 is 0 Å². The third-order valence-electron chi connectivity index (χ3n) is 3.21. The van der Waals surface area contributed by atoms with E-state index in [9.17, 15) is 9.90 Å². The summed E-state index contributed by atoms with van der Waals surface area (Å²) in [5.74, 6) is -0.296. The maximum absolute atomic E-state index is 11.4. The highest BCUT2D eigenvalue weighted by molar-refractivity contribution is 6.03. The number of hydrogen-bond acceptors (Lipinski definition) is 4. The number of carboxylic acids is 1. The Hall–Kier alpha value is -2.95. The first-order valence-corrected chi connectivity index (χ1v) is 6.31. The van der Waals surface area contributed by atoms with Crippen LogP contribution in [0.4, 0.5) is 0 Å². The number of carboxylic acid groups (broad SMARTS) is 1. The van der Waals surface area contributed by atoms with Gasteiger partial charge in [-0.1, -0.05) is 12.1 Å². The molecule has 0 unspecified atom stereocenters. The van der Waals surface area contributed by atoms with Crippen LogP contribution in [0.15, 0.2) is 48.8 Å². The lowest BCUT2D eigenvalue weighted by atomic mass is 10.1. The van der Waals surface area contributed by atoms with E-state index in [0.29, 0.717) is 22.3 Å². The number of ether oxygens (including phenoxy) is 1. The molecule has 2 aromatic heterocycles. The molecule has 0 radical (unpaired) electrons. The van der Waals surface area contributed by atoms with Crippen LogP contribution < -0.4 is 4.74 Å². The maximum Gasteiger partial charge on any atom is 0.336 e. The van der Waals surface area contributed by atoms with E-state index < -0.39 is 5.97 Å². The lowest BCUT2D eigenvalue weighted by Gasteiger charge is -2.08. The van der Waals surface area contributed by atoms with Gasteiger partial charge in [-0.25, -0.2) is 9.78 Å². The Morgan fingerprint density at radius 3 is 2.86 bits per heavy atom. The Labute approximate surface area is 120 Å². The van der Waals surface area contributed by atoms with E-state index in [1.165, 1.54) is 0 Å². The molecule has 0 aliphatic heterocycles. The molecule has 104 valence electrons. The fourth-order valence-corrected chi connectivity index (χ4v) is 2.19. The van der Waals surface area contributed by atoms with E-state index in [0.717, 1.165) is 5.56 Å². The molecular weight excluding hydrogens is 268 g/mol. The van der Waals surface area contributed by atoms with E-state index in [1.54, 1.807) is 31.6 Å². The lowest BCUT2D eigenvalue weighted by Crippen LogP contribution is -2.00. The predicted molar refractivity (Wildman–Crippen MR) is 78.5 cm³/mol. The van der Waals surface area contributed by atoms with E-state index in [1.807, 2.05) is 24.3 Å². The van der Waals surface area contributed by atoms with Crippen LogP contribution in [0.5, 0.6) is 5.75 Å². The standard InChI is InChI=1S/C16H12N2O3/c1-21-11-4-2-3-10(7-11)14-8-13(16(19)20)12-5-6-17-9-15(12)18-14/h2-9H,1H3,(H,19,20). The van der Waals surface area contributed by atoms with Gasteiger partial charge in [0.1, 0.15) is 5.75 Å². The number of aromatic nitrogens is 2. The van der Waals surface area contributed by atoms with E-state index in [2.05, 4.69) is 9.97 Å². The van der Waals surface area contributed by atoms with Gasteiger partial charge < -0.3 is 9.84 Å². The van der Waals surface area contributed by atoms with Gasteiger partial charge in [0.2, 0.25) is 0 Å². The second-order valence-electron chi connectivity index (χ2n) is 4.48. The summed E-state index contributed by atoms with van der Waals surface area (Å²) in [4.78, 5) is 19.9. The Bertz CT molecular complexity index is 831. The zero-order valence-electron chi connectivity index (χ0n) is 11.3. The Balaban J connectivity index is 2.25. The van der Waals surface area contributed by atoms with Gasteiger partial charge in [0.15, 0.2) is 0 Å². The minimum absolute atomic E-state index is 0.209. The van der Waals surface area contributed by atoms with Gasteiger partial charge in [0, 0.05) is 17.1 Å². The third-order valence-corrected chi connectivity index (χ3v) is 3.21. The van der Waals surface area contributed by atoms with Crippen LogP contribution in [-0.2, 0) is 0 Å². The minimum Gasteiger partial charge on any atom is -0.497 e. The van der Waals surface area contributed by atoms with Gasteiger partial charge in [-0.05, 0) is 24.3 Å². The van der Waals surface area contributed by atoms with Crippen LogP contribution in [0.2, 0.25) is 0 Å². The largest absolute Gasteiger partial charge is 0.497 e. The number of fused-ring (bicyclic) bond motifs is 1. The zero-order valence-corrected chi connectivity index (χ0v) is 11.3. The summed E-state index contributed by atoms with van der Waals surface area (Å²) in [6.07, 6.45) is 3.12. The van der Waals surface area contributed by atoms with Crippen LogP contribution in [0.1, 0.15) is 10.4 Å². The maximum atomic E-state index is 11.4. The fraction of sp³-hybridized carbons (Fsp3) is 0.0625. The topological polar surface area (TPSA) is 72.3 Å². The molecule has 1 N–H and O–H groups in total. The first-order chi connectivity index (χ1) is 10.2. The second kappa shape index (κ2) is 5.20. The smallest absolute Gasteiger partial charge is 0.336 e. The lowest BCUT2D eigenvalue weighted by molar-refractivity contribution is 0.0699. The van der Waals surface area contributed by atoms with Crippen molar-refractivity contribution < 1.29 is 14.6 Å². The highest BCUT2D eigenvalue weighted by Gasteiger charge is 2.13. The molecule has 1 aromatic carbocycles. The van der Waals surface area contributed by atoms with Crippen LogP contribution >= 0.6 is 0 Å². The number of methoxy groups -OCH3 is 1. The highest BCUT2D eigenvalue weighted by Crippen LogP contribution is 2.26. The zero-order chi connectivity index (χ0) is 14.8. The van der Waals surface area contributed by atoms with Crippen LogP contribution in [0, 0.1) is 0 Å². The van der Waals surface area contributed by atoms with E-state index in [4.69, 9.17) is 4.74 Å². The third kappa shape index (κ3) is 2.41. The summed E-state index contributed by atoms with van der Waals surface area (Å²) >= 11 is 0. The SMILES string of the molecule is COc1cccc(-c2cc(C(=O)O)c3ccncc3n2)c1. The first-order valence-electron chi connectivity index (χ1n) is 6.31. The summed E-state index contributed by atoms with van der Waals surface area (Å²) < 4.78 is 5.19. The molecule has 0 saturated carbocycles. The van der Waals surface area contributed by atoms with E-state index in [-0.39, 0.29) is 5.56 Å². The van der Waals surface area contributed by atoms with Crippen molar-refractivity contribution in [3.05, 3.63) is 54.4 Å². The quantitative estimate of drug-likeness (QED) is 0.798. The van der Waals surface area contributed by atoms with Crippen molar-refractivity contribution in [3.63, 3.8) is 0 Å².